The molecule has 7 heteroatoms. The summed E-state index contributed by atoms with van der Waals surface area (Å²) in [4.78, 5) is 23.8. The molecule has 1 rings (SSSR count). The van der Waals surface area contributed by atoms with Crippen molar-refractivity contribution in [3.8, 4) is 0 Å². The second-order valence-electron chi connectivity index (χ2n) is 4.82. The first kappa shape index (κ1) is 18.4. The Labute approximate surface area is 132 Å². The van der Waals surface area contributed by atoms with Crippen LogP contribution in [0.2, 0.25) is 0 Å². The maximum Gasteiger partial charge on any atom is 0.328 e. The molecule has 0 saturated heterocycles. The van der Waals surface area contributed by atoms with Crippen molar-refractivity contribution in [3.05, 3.63) is 29.8 Å². The molecule has 0 heterocycles. The SMILES string of the molecule is CC[C@@H](C)[C@H](NC(=O)CSc1ccc(F)cc1F)C(=O)OC. The summed E-state index contributed by atoms with van der Waals surface area (Å²) in [7, 11) is 1.26. The molecule has 4 nitrogen and oxygen atoms in total. The van der Waals surface area contributed by atoms with Gasteiger partial charge in [-0.05, 0) is 18.1 Å². The van der Waals surface area contributed by atoms with Gasteiger partial charge >= 0.3 is 5.97 Å². The van der Waals surface area contributed by atoms with Crippen molar-refractivity contribution >= 4 is 23.6 Å². The molecule has 0 bridgehead atoms. The van der Waals surface area contributed by atoms with Crippen molar-refractivity contribution in [2.75, 3.05) is 12.9 Å². The van der Waals surface area contributed by atoms with Gasteiger partial charge in [-0.15, -0.1) is 11.8 Å². The average Bonchev–Trinajstić information content (AvgIpc) is 2.50. The van der Waals surface area contributed by atoms with Crippen LogP contribution in [-0.4, -0.2) is 30.8 Å². The van der Waals surface area contributed by atoms with Crippen LogP contribution in [0.3, 0.4) is 0 Å². The van der Waals surface area contributed by atoms with Crippen LogP contribution < -0.4 is 5.32 Å². The predicted molar refractivity (Wildman–Crippen MR) is 80.5 cm³/mol. The number of methoxy groups -OCH3 is 1. The fourth-order valence-electron chi connectivity index (χ4n) is 1.75. The molecule has 1 aromatic carbocycles. The van der Waals surface area contributed by atoms with E-state index in [-0.39, 0.29) is 16.6 Å². The van der Waals surface area contributed by atoms with Crippen LogP contribution in [0, 0.1) is 17.6 Å². The van der Waals surface area contributed by atoms with E-state index in [9.17, 15) is 18.4 Å². The Morgan fingerprint density at radius 1 is 1.36 bits per heavy atom. The highest BCUT2D eigenvalue weighted by Gasteiger charge is 2.26. The third kappa shape index (κ3) is 5.29. The van der Waals surface area contributed by atoms with Crippen molar-refractivity contribution in [3.63, 3.8) is 0 Å². The minimum atomic E-state index is -0.735. The zero-order valence-electron chi connectivity index (χ0n) is 12.7. The molecule has 122 valence electrons. The first-order chi connectivity index (χ1) is 10.4. The fraction of sp³-hybridized carbons (Fsp3) is 0.467. The summed E-state index contributed by atoms with van der Waals surface area (Å²) in [6, 6.07) is 2.42. The van der Waals surface area contributed by atoms with Gasteiger partial charge in [-0.3, -0.25) is 4.79 Å². The third-order valence-corrected chi connectivity index (χ3v) is 4.29. The van der Waals surface area contributed by atoms with Gasteiger partial charge in [-0.2, -0.15) is 0 Å². The molecular weight excluding hydrogens is 312 g/mol. The van der Waals surface area contributed by atoms with Gasteiger partial charge in [0.2, 0.25) is 5.91 Å². The molecule has 2 atom stereocenters. The van der Waals surface area contributed by atoms with Crippen molar-refractivity contribution in [2.45, 2.75) is 31.2 Å². The first-order valence-corrected chi connectivity index (χ1v) is 7.82. The summed E-state index contributed by atoms with van der Waals surface area (Å²) in [5.41, 5.74) is 0. The smallest absolute Gasteiger partial charge is 0.328 e. The zero-order valence-corrected chi connectivity index (χ0v) is 13.5. The maximum absolute atomic E-state index is 13.5. The van der Waals surface area contributed by atoms with Gasteiger partial charge in [0.1, 0.15) is 17.7 Å². The van der Waals surface area contributed by atoms with Crippen LogP contribution in [0.15, 0.2) is 23.1 Å². The van der Waals surface area contributed by atoms with Crippen LogP contribution in [0.5, 0.6) is 0 Å². The lowest BCUT2D eigenvalue weighted by molar-refractivity contribution is -0.146. The van der Waals surface area contributed by atoms with Crippen LogP contribution in [-0.2, 0) is 14.3 Å². The van der Waals surface area contributed by atoms with E-state index < -0.39 is 29.6 Å². The van der Waals surface area contributed by atoms with E-state index in [2.05, 4.69) is 10.1 Å². The Morgan fingerprint density at radius 2 is 2.05 bits per heavy atom. The summed E-state index contributed by atoms with van der Waals surface area (Å²) >= 11 is 0.939. The Kier molecular flexibility index (Phi) is 7.31. The molecule has 22 heavy (non-hydrogen) atoms. The maximum atomic E-state index is 13.5. The van der Waals surface area contributed by atoms with Gasteiger partial charge in [0.15, 0.2) is 0 Å². The fourth-order valence-corrected chi connectivity index (χ4v) is 2.48. The summed E-state index contributed by atoms with van der Waals surface area (Å²) in [5, 5.41) is 2.59. The van der Waals surface area contributed by atoms with E-state index >= 15 is 0 Å². The highest BCUT2D eigenvalue weighted by atomic mass is 32.2. The van der Waals surface area contributed by atoms with Gasteiger partial charge in [0.25, 0.3) is 0 Å². The van der Waals surface area contributed by atoms with Gasteiger partial charge in [-0.1, -0.05) is 20.3 Å². The van der Waals surface area contributed by atoms with Gasteiger partial charge < -0.3 is 10.1 Å². The summed E-state index contributed by atoms with van der Waals surface area (Å²) in [6.07, 6.45) is 0.694. The first-order valence-electron chi connectivity index (χ1n) is 6.84. The topological polar surface area (TPSA) is 55.4 Å². The number of thioether (sulfide) groups is 1. The molecular formula is C15H19F2NO3S. The van der Waals surface area contributed by atoms with E-state index in [1.165, 1.54) is 13.2 Å². The molecule has 0 aromatic heterocycles. The molecule has 1 aromatic rings. The van der Waals surface area contributed by atoms with E-state index in [1.54, 1.807) is 0 Å². The molecule has 0 radical (unpaired) electrons. The molecule has 0 aliphatic heterocycles. The number of hydrogen-bond acceptors (Lipinski definition) is 4. The van der Waals surface area contributed by atoms with Crippen LogP contribution in [0.25, 0.3) is 0 Å². The number of hydrogen-bond donors (Lipinski definition) is 1. The lowest BCUT2D eigenvalue weighted by Crippen LogP contribution is -2.46. The summed E-state index contributed by atoms with van der Waals surface area (Å²) in [6.45, 7) is 3.73. The van der Waals surface area contributed by atoms with E-state index in [0.29, 0.717) is 6.42 Å². The van der Waals surface area contributed by atoms with Gasteiger partial charge in [-0.25, -0.2) is 13.6 Å². The molecule has 0 aliphatic carbocycles. The van der Waals surface area contributed by atoms with Crippen molar-refractivity contribution < 1.29 is 23.1 Å². The van der Waals surface area contributed by atoms with Crippen molar-refractivity contribution in [1.29, 1.82) is 0 Å². The number of carbonyl (C=O) groups is 2. The van der Waals surface area contributed by atoms with Crippen LogP contribution in [0.1, 0.15) is 20.3 Å². The van der Waals surface area contributed by atoms with E-state index in [0.717, 1.165) is 23.9 Å². The second-order valence-corrected chi connectivity index (χ2v) is 5.83. The predicted octanol–water partition coefficient (Wildman–Crippen LogP) is 2.76. The summed E-state index contributed by atoms with van der Waals surface area (Å²) < 4.78 is 30.9. The molecule has 0 saturated carbocycles. The number of halogens is 2. The number of carbonyl (C=O) groups excluding carboxylic acids is 2. The third-order valence-electron chi connectivity index (χ3n) is 3.24. The Hall–Kier alpha value is -1.63. The van der Waals surface area contributed by atoms with Crippen LogP contribution in [0.4, 0.5) is 8.78 Å². The van der Waals surface area contributed by atoms with Crippen molar-refractivity contribution in [2.24, 2.45) is 5.92 Å². The van der Waals surface area contributed by atoms with E-state index in [4.69, 9.17) is 0 Å². The molecule has 1 amide bonds. The number of ether oxygens (including phenoxy) is 1. The van der Waals surface area contributed by atoms with Crippen molar-refractivity contribution in [1.82, 2.24) is 5.32 Å². The van der Waals surface area contributed by atoms with Gasteiger partial charge in [0, 0.05) is 11.0 Å². The van der Waals surface area contributed by atoms with Crippen LogP contribution >= 0.6 is 11.8 Å². The highest BCUT2D eigenvalue weighted by molar-refractivity contribution is 8.00. The van der Waals surface area contributed by atoms with E-state index in [1.807, 2.05) is 13.8 Å². The molecule has 0 spiro atoms. The molecule has 0 unspecified atom stereocenters. The minimum Gasteiger partial charge on any atom is -0.467 e. The number of nitrogens with one attached hydrogen (secondary N) is 1. The normalized spacial score (nSPS) is 13.3. The quantitative estimate of drug-likeness (QED) is 0.617. The average molecular weight is 331 g/mol. The number of rotatable bonds is 7. The standard InChI is InChI=1S/C15H19F2NO3S/c1-4-9(2)14(15(20)21-3)18-13(19)8-22-12-6-5-10(16)7-11(12)17/h5-7,9,14H,4,8H2,1-3H3,(H,18,19)/t9-,14+/m1/s1. The highest BCUT2D eigenvalue weighted by Crippen LogP contribution is 2.22. The largest absolute Gasteiger partial charge is 0.467 e. The summed E-state index contributed by atoms with van der Waals surface area (Å²) in [5.74, 6) is -2.47. The number of amides is 1. The number of esters is 1. The minimum absolute atomic E-state index is 0.0769. The lowest BCUT2D eigenvalue weighted by atomic mass is 9.99. The second kappa shape index (κ2) is 8.73. The molecule has 1 N–H and O–H groups in total. The number of benzene rings is 1. The molecule has 0 aliphatic rings. The Bertz CT molecular complexity index is 540. The van der Waals surface area contributed by atoms with Gasteiger partial charge in [0.05, 0.1) is 12.9 Å². The monoisotopic (exact) mass is 331 g/mol. The Balaban J connectivity index is 2.62. The Morgan fingerprint density at radius 3 is 2.59 bits per heavy atom. The molecule has 0 fully saturated rings. The zero-order chi connectivity index (χ0) is 16.7. The lowest BCUT2D eigenvalue weighted by Gasteiger charge is -2.21.